The molecule has 0 aromatic carbocycles. The molecule has 0 saturated heterocycles. The summed E-state index contributed by atoms with van der Waals surface area (Å²) in [5.74, 6) is 0. The second-order valence-corrected chi connectivity index (χ2v) is 3.20. The van der Waals surface area contributed by atoms with Crippen molar-refractivity contribution in [3.05, 3.63) is 23.3 Å². The molecule has 0 spiro atoms. The molecule has 4 N–H and O–H groups in total. The van der Waals surface area contributed by atoms with Gasteiger partial charge in [0, 0.05) is 0 Å². The van der Waals surface area contributed by atoms with Crippen molar-refractivity contribution in [3.63, 3.8) is 0 Å². The summed E-state index contributed by atoms with van der Waals surface area (Å²) in [5, 5.41) is 0. The van der Waals surface area contributed by atoms with E-state index in [1.165, 1.54) is 0 Å². The van der Waals surface area contributed by atoms with Gasteiger partial charge >= 0.3 is 0 Å². The van der Waals surface area contributed by atoms with Crippen molar-refractivity contribution in [2.45, 2.75) is 46.2 Å². The van der Waals surface area contributed by atoms with Crippen LogP contribution in [0.2, 0.25) is 0 Å². The molecule has 0 aliphatic carbocycles. The first-order valence-electron chi connectivity index (χ1n) is 4.93. The van der Waals surface area contributed by atoms with Gasteiger partial charge in [-0.15, -0.1) is 0 Å². The van der Waals surface area contributed by atoms with Gasteiger partial charge in [0.05, 0.1) is 0 Å². The molecule has 0 aliphatic rings. The molecule has 0 amide bonds. The van der Waals surface area contributed by atoms with E-state index in [9.17, 15) is 0 Å². The summed E-state index contributed by atoms with van der Waals surface area (Å²) in [6.07, 6.45) is 5.83. The maximum Gasteiger partial charge on any atom is 0.108 e. The van der Waals surface area contributed by atoms with Crippen molar-refractivity contribution in [2.24, 2.45) is 11.5 Å². The molecular formula is C11H22N2. The molecule has 0 fully saturated rings. The molecule has 0 saturated carbocycles. The predicted octanol–water partition coefficient (Wildman–Crippen LogP) is 2.31. The van der Waals surface area contributed by atoms with E-state index in [1.807, 2.05) is 26.0 Å². The summed E-state index contributed by atoms with van der Waals surface area (Å²) in [7, 11) is 0. The fourth-order valence-corrected chi connectivity index (χ4v) is 1.68. The van der Waals surface area contributed by atoms with E-state index in [1.54, 1.807) is 0 Å². The lowest BCUT2D eigenvalue weighted by molar-refractivity contribution is 0.569. The van der Waals surface area contributed by atoms with Gasteiger partial charge in [0.1, 0.15) is 5.66 Å². The van der Waals surface area contributed by atoms with Crippen LogP contribution in [-0.4, -0.2) is 5.66 Å². The lowest BCUT2D eigenvalue weighted by Crippen LogP contribution is -2.52. The molecule has 0 aliphatic heterocycles. The molecule has 76 valence electrons. The van der Waals surface area contributed by atoms with Crippen molar-refractivity contribution in [3.8, 4) is 0 Å². The van der Waals surface area contributed by atoms with Crippen LogP contribution in [-0.2, 0) is 0 Å². The van der Waals surface area contributed by atoms with E-state index in [2.05, 4.69) is 13.8 Å². The Kier molecular flexibility index (Phi) is 4.96. The highest BCUT2D eigenvalue weighted by atomic mass is 15.0. The SMILES string of the molecule is CC=C(CC)C(N)(N)C(=CC)CC. The Hall–Kier alpha value is -0.600. The maximum absolute atomic E-state index is 6.09. The number of hydrogen-bond donors (Lipinski definition) is 2. The molecule has 0 unspecified atom stereocenters. The van der Waals surface area contributed by atoms with Gasteiger partial charge < -0.3 is 11.5 Å². The van der Waals surface area contributed by atoms with Gasteiger partial charge in [0.25, 0.3) is 0 Å². The lowest BCUT2D eigenvalue weighted by atomic mass is 9.89. The van der Waals surface area contributed by atoms with Gasteiger partial charge in [-0.1, -0.05) is 26.0 Å². The van der Waals surface area contributed by atoms with E-state index in [0.29, 0.717) is 0 Å². The lowest BCUT2D eigenvalue weighted by Gasteiger charge is -2.30. The van der Waals surface area contributed by atoms with E-state index in [-0.39, 0.29) is 0 Å². The molecule has 0 bridgehead atoms. The normalized spacial score (nSPS) is 14.9. The molecular weight excluding hydrogens is 160 g/mol. The van der Waals surface area contributed by atoms with Crippen LogP contribution in [0.25, 0.3) is 0 Å². The van der Waals surface area contributed by atoms with Crippen LogP contribution in [0, 0.1) is 0 Å². The molecule has 0 radical (unpaired) electrons. The Morgan fingerprint density at radius 2 is 1.31 bits per heavy atom. The molecule has 0 heterocycles. The van der Waals surface area contributed by atoms with Crippen LogP contribution in [0.15, 0.2) is 23.3 Å². The quantitative estimate of drug-likeness (QED) is 0.518. The summed E-state index contributed by atoms with van der Waals surface area (Å²) in [5.41, 5.74) is 13.6. The Morgan fingerprint density at radius 1 is 1.00 bits per heavy atom. The van der Waals surface area contributed by atoms with Gasteiger partial charge in [0.15, 0.2) is 0 Å². The zero-order valence-electron chi connectivity index (χ0n) is 9.22. The summed E-state index contributed by atoms with van der Waals surface area (Å²) in [4.78, 5) is 0. The largest absolute Gasteiger partial charge is 0.306 e. The van der Waals surface area contributed by atoms with E-state index in [4.69, 9.17) is 11.5 Å². The molecule has 2 nitrogen and oxygen atoms in total. The van der Waals surface area contributed by atoms with Gasteiger partial charge in [-0.25, -0.2) is 0 Å². The number of allylic oxidation sites excluding steroid dienone is 2. The first-order valence-corrected chi connectivity index (χ1v) is 4.93. The highest BCUT2D eigenvalue weighted by Crippen LogP contribution is 2.22. The van der Waals surface area contributed by atoms with Crippen molar-refractivity contribution in [2.75, 3.05) is 0 Å². The van der Waals surface area contributed by atoms with Crippen LogP contribution in [0.5, 0.6) is 0 Å². The average Bonchev–Trinajstić information content (AvgIpc) is 2.07. The first-order chi connectivity index (χ1) is 6.04. The summed E-state index contributed by atoms with van der Waals surface area (Å²) >= 11 is 0. The minimum absolute atomic E-state index is 0.743. The highest BCUT2D eigenvalue weighted by Gasteiger charge is 2.25. The predicted molar refractivity (Wildman–Crippen MR) is 59.2 cm³/mol. The molecule has 0 rings (SSSR count). The van der Waals surface area contributed by atoms with E-state index in [0.717, 1.165) is 24.0 Å². The third-order valence-electron chi connectivity index (χ3n) is 2.52. The third kappa shape index (κ3) is 2.68. The zero-order chi connectivity index (χ0) is 10.5. The van der Waals surface area contributed by atoms with Crippen LogP contribution in [0.3, 0.4) is 0 Å². The Labute approximate surface area is 81.7 Å². The van der Waals surface area contributed by atoms with Gasteiger partial charge in [-0.2, -0.15) is 0 Å². The smallest absolute Gasteiger partial charge is 0.108 e. The van der Waals surface area contributed by atoms with Gasteiger partial charge in [-0.05, 0) is 37.8 Å². The van der Waals surface area contributed by atoms with Crippen molar-refractivity contribution >= 4 is 0 Å². The summed E-state index contributed by atoms with van der Waals surface area (Å²) in [6, 6.07) is 0. The Morgan fingerprint density at radius 3 is 1.46 bits per heavy atom. The van der Waals surface area contributed by atoms with Crippen LogP contribution in [0.1, 0.15) is 40.5 Å². The molecule has 13 heavy (non-hydrogen) atoms. The van der Waals surface area contributed by atoms with E-state index >= 15 is 0 Å². The Balaban J connectivity index is 4.93. The van der Waals surface area contributed by atoms with Crippen molar-refractivity contribution < 1.29 is 0 Å². The second kappa shape index (κ2) is 5.20. The van der Waals surface area contributed by atoms with Crippen LogP contribution < -0.4 is 11.5 Å². The Bertz CT molecular complexity index is 190. The number of nitrogens with two attached hydrogens (primary N) is 2. The molecule has 0 aromatic rings. The monoisotopic (exact) mass is 182 g/mol. The van der Waals surface area contributed by atoms with E-state index < -0.39 is 5.66 Å². The molecule has 2 heteroatoms. The zero-order valence-corrected chi connectivity index (χ0v) is 9.22. The number of hydrogen-bond acceptors (Lipinski definition) is 2. The van der Waals surface area contributed by atoms with Gasteiger partial charge in [0.2, 0.25) is 0 Å². The molecule has 0 atom stereocenters. The van der Waals surface area contributed by atoms with Crippen molar-refractivity contribution in [1.29, 1.82) is 0 Å². The minimum Gasteiger partial charge on any atom is -0.306 e. The average molecular weight is 182 g/mol. The third-order valence-corrected chi connectivity index (χ3v) is 2.52. The topological polar surface area (TPSA) is 52.0 Å². The standard InChI is InChI=1S/C11H22N2/c1-5-9(6-2)11(12,13)10(7-3)8-4/h5,7H,6,8,12-13H2,1-4H3. The summed E-state index contributed by atoms with van der Waals surface area (Å²) in [6.45, 7) is 8.12. The first kappa shape index (κ1) is 12.4. The van der Waals surface area contributed by atoms with Gasteiger partial charge in [-0.3, -0.25) is 0 Å². The fourth-order valence-electron chi connectivity index (χ4n) is 1.68. The van der Waals surface area contributed by atoms with Crippen LogP contribution >= 0.6 is 0 Å². The maximum atomic E-state index is 6.09. The summed E-state index contributed by atoms with van der Waals surface area (Å²) < 4.78 is 0. The molecule has 0 aromatic heterocycles. The second-order valence-electron chi connectivity index (χ2n) is 3.20. The fraction of sp³-hybridized carbons (Fsp3) is 0.636. The minimum atomic E-state index is -0.743. The number of rotatable bonds is 4. The van der Waals surface area contributed by atoms with Crippen molar-refractivity contribution in [1.82, 2.24) is 0 Å². The van der Waals surface area contributed by atoms with Crippen LogP contribution in [0.4, 0.5) is 0 Å². The highest BCUT2D eigenvalue weighted by molar-refractivity contribution is 5.31.